The van der Waals surface area contributed by atoms with E-state index in [1.54, 1.807) is 6.07 Å². The molecule has 1 atom stereocenters. The fourth-order valence-electron chi connectivity index (χ4n) is 2.16. The Hall–Kier alpha value is -1.14. The minimum absolute atomic E-state index is 0.0864. The normalized spacial score (nSPS) is 18.0. The number of hydrogen-bond acceptors (Lipinski definition) is 3. The predicted molar refractivity (Wildman–Crippen MR) is 78.2 cm³/mol. The van der Waals surface area contributed by atoms with E-state index in [0.29, 0.717) is 16.9 Å². The maximum Gasteiger partial charge on any atom is 0.257 e. The van der Waals surface area contributed by atoms with Crippen molar-refractivity contribution in [2.24, 2.45) is 5.92 Å². The van der Waals surface area contributed by atoms with Gasteiger partial charge in [0.1, 0.15) is 0 Å². The number of halogens is 2. The molecule has 1 aliphatic rings. The second-order valence-electron chi connectivity index (χ2n) is 4.86. The van der Waals surface area contributed by atoms with Crippen LogP contribution in [0.5, 0.6) is 5.75 Å². The van der Waals surface area contributed by atoms with Gasteiger partial charge in [-0.15, -0.1) is 0 Å². The SMILES string of the molecule is O=C(COc1ccc(Br)cc1F)NCCC1CCNC1. The third-order valence-electron chi connectivity index (χ3n) is 3.29. The van der Waals surface area contributed by atoms with Gasteiger partial charge in [-0.1, -0.05) is 15.9 Å². The molecular weight excluding hydrogens is 327 g/mol. The second-order valence-corrected chi connectivity index (χ2v) is 5.78. The van der Waals surface area contributed by atoms with Crippen molar-refractivity contribution in [3.63, 3.8) is 0 Å². The molecule has 0 aliphatic carbocycles. The summed E-state index contributed by atoms with van der Waals surface area (Å²) in [6.07, 6.45) is 2.13. The van der Waals surface area contributed by atoms with Crippen molar-refractivity contribution in [2.45, 2.75) is 12.8 Å². The number of ether oxygens (including phenoxy) is 1. The van der Waals surface area contributed by atoms with Gasteiger partial charge in [0.25, 0.3) is 5.91 Å². The average Bonchev–Trinajstić information content (AvgIpc) is 2.91. The molecule has 0 saturated carbocycles. The van der Waals surface area contributed by atoms with Gasteiger partial charge < -0.3 is 15.4 Å². The van der Waals surface area contributed by atoms with Crippen LogP contribution >= 0.6 is 15.9 Å². The minimum Gasteiger partial charge on any atom is -0.481 e. The molecule has 1 fully saturated rings. The van der Waals surface area contributed by atoms with Gasteiger partial charge in [-0.05, 0) is 50.0 Å². The van der Waals surface area contributed by atoms with Gasteiger partial charge >= 0.3 is 0 Å². The molecule has 1 amide bonds. The van der Waals surface area contributed by atoms with Crippen LogP contribution in [0.4, 0.5) is 4.39 Å². The molecule has 1 aliphatic heterocycles. The molecule has 0 aromatic heterocycles. The number of hydrogen-bond donors (Lipinski definition) is 2. The topological polar surface area (TPSA) is 50.4 Å². The predicted octanol–water partition coefficient (Wildman–Crippen LogP) is 2.08. The lowest BCUT2D eigenvalue weighted by atomic mass is 10.1. The highest BCUT2D eigenvalue weighted by atomic mass is 79.9. The number of benzene rings is 1. The summed E-state index contributed by atoms with van der Waals surface area (Å²) in [7, 11) is 0. The molecule has 1 aromatic rings. The van der Waals surface area contributed by atoms with Crippen LogP contribution in [0.1, 0.15) is 12.8 Å². The smallest absolute Gasteiger partial charge is 0.257 e. The van der Waals surface area contributed by atoms with E-state index < -0.39 is 5.82 Å². The Morgan fingerprint density at radius 2 is 2.40 bits per heavy atom. The van der Waals surface area contributed by atoms with Crippen LogP contribution in [-0.4, -0.2) is 32.1 Å². The van der Waals surface area contributed by atoms with Gasteiger partial charge in [0.2, 0.25) is 0 Å². The molecule has 20 heavy (non-hydrogen) atoms. The van der Waals surface area contributed by atoms with Crippen LogP contribution in [0.25, 0.3) is 0 Å². The first-order chi connectivity index (χ1) is 9.65. The molecule has 1 unspecified atom stereocenters. The Bertz CT molecular complexity index is 464. The maximum atomic E-state index is 13.5. The highest BCUT2D eigenvalue weighted by Crippen LogP contribution is 2.21. The Labute approximate surface area is 126 Å². The molecule has 2 rings (SSSR count). The standard InChI is InChI=1S/C14H18BrFN2O2/c15-11-1-2-13(12(16)7-11)20-9-14(19)18-6-4-10-3-5-17-8-10/h1-2,7,10,17H,3-6,8-9H2,(H,18,19). The molecule has 1 aromatic carbocycles. The molecule has 0 bridgehead atoms. The van der Waals surface area contributed by atoms with Crippen molar-refractivity contribution in [3.8, 4) is 5.75 Å². The zero-order valence-corrected chi connectivity index (χ0v) is 12.7. The Balaban J connectivity index is 1.66. The zero-order valence-electron chi connectivity index (χ0n) is 11.1. The van der Waals surface area contributed by atoms with Crippen molar-refractivity contribution in [1.82, 2.24) is 10.6 Å². The van der Waals surface area contributed by atoms with E-state index in [4.69, 9.17) is 4.74 Å². The molecular formula is C14H18BrFN2O2. The summed E-state index contributed by atoms with van der Waals surface area (Å²) in [5.41, 5.74) is 0. The van der Waals surface area contributed by atoms with E-state index in [-0.39, 0.29) is 18.3 Å². The first-order valence-corrected chi connectivity index (χ1v) is 7.49. The van der Waals surface area contributed by atoms with Gasteiger partial charge in [-0.25, -0.2) is 4.39 Å². The lowest BCUT2D eigenvalue weighted by Crippen LogP contribution is -2.31. The largest absolute Gasteiger partial charge is 0.481 e. The molecule has 1 saturated heterocycles. The van der Waals surface area contributed by atoms with Crippen LogP contribution < -0.4 is 15.4 Å². The number of rotatable bonds is 6. The lowest BCUT2D eigenvalue weighted by molar-refractivity contribution is -0.123. The zero-order chi connectivity index (χ0) is 14.4. The summed E-state index contributed by atoms with van der Waals surface area (Å²) in [5, 5.41) is 6.07. The van der Waals surface area contributed by atoms with E-state index >= 15 is 0 Å². The van der Waals surface area contributed by atoms with Gasteiger partial charge in [-0.2, -0.15) is 0 Å². The van der Waals surface area contributed by atoms with E-state index in [1.807, 2.05) is 0 Å². The molecule has 6 heteroatoms. The number of carbonyl (C=O) groups excluding carboxylic acids is 1. The minimum atomic E-state index is -0.482. The van der Waals surface area contributed by atoms with Gasteiger partial charge in [0.15, 0.2) is 18.2 Å². The van der Waals surface area contributed by atoms with Gasteiger partial charge in [0, 0.05) is 11.0 Å². The van der Waals surface area contributed by atoms with Crippen LogP contribution in [0.15, 0.2) is 22.7 Å². The Morgan fingerprint density at radius 3 is 3.10 bits per heavy atom. The first-order valence-electron chi connectivity index (χ1n) is 6.70. The number of carbonyl (C=O) groups is 1. The van der Waals surface area contributed by atoms with Gasteiger partial charge in [-0.3, -0.25) is 4.79 Å². The van der Waals surface area contributed by atoms with E-state index in [0.717, 1.165) is 25.9 Å². The molecule has 4 nitrogen and oxygen atoms in total. The summed E-state index contributed by atoms with van der Waals surface area (Å²) >= 11 is 3.16. The van der Waals surface area contributed by atoms with Crippen molar-refractivity contribution in [2.75, 3.05) is 26.2 Å². The van der Waals surface area contributed by atoms with Crippen molar-refractivity contribution in [3.05, 3.63) is 28.5 Å². The van der Waals surface area contributed by atoms with E-state index in [9.17, 15) is 9.18 Å². The summed E-state index contributed by atoms with van der Waals surface area (Å²) in [6, 6.07) is 4.47. The van der Waals surface area contributed by atoms with Crippen LogP contribution in [0.3, 0.4) is 0 Å². The summed E-state index contributed by atoms with van der Waals surface area (Å²) in [5.74, 6) is 0.0194. The lowest BCUT2D eigenvalue weighted by Gasteiger charge is -2.10. The monoisotopic (exact) mass is 344 g/mol. The second kappa shape index (κ2) is 7.59. The van der Waals surface area contributed by atoms with Crippen LogP contribution in [-0.2, 0) is 4.79 Å². The van der Waals surface area contributed by atoms with E-state index in [2.05, 4.69) is 26.6 Å². The third kappa shape index (κ3) is 4.76. The molecule has 1 heterocycles. The van der Waals surface area contributed by atoms with Crippen LogP contribution in [0, 0.1) is 11.7 Å². The van der Waals surface area contributed by atoms with Gasteiger partial charge in [0.05, 0.1) is 0 Å². The summed E-state index contributed by atoms with van der Waals surface area (Å²) in [4.78, 5) is 11.6. The van der Waals surface area contributed by atoms with Crippen molar-refractivity contribution in [1.29, 1.82) is 0 Å². The third-order valence-corrected chi connectivity index (χ3v) is 3.78. The van der Waals surface area contributed by atoms with Crippen molar-refractivity contribution >= 4 is 21.8 Å². The fraction of sp³-hybridized carbons (Fsp3) is 0.500. The first kappa shape index (κ1) is 15.3. The summed E-state index contributed by atoms with van der Waals surface area (Å²) < 4.78 is 19.3. The van der Waals surface area contributed by atoms with Crippen molar-refractivity contribution < 1.29 is 13.9 Å². The average molecular weight is 345 g/mol. The number of amides is 1. The van der Waals surface area contributed by atoms with Crippen LogP contribution in [0.2, 0.25) is 0 Å². The Kier molecular flexibility index (Phi) is 5.79. The quantitative estimate of drug-likeness (QED) is 0.830. The Morgan fingerprint density at radius 1 is 1.55 bits per heavy atom. The highest BCUT2D eigenvalue weighted by molar-refractivity contribution is 9.10. The van der Waals surface area contributed by atoms with E-state index in [1.165, 1.54) is 12.1 Å². The summed E-state index contributed by atoms with van der Waals surface area (Å²) in [6.45, 7) is 2.56. The fourth-order valence-corrected chi connectivity index (χ4v) is 2.50. The maximum absolute atomic E-state index is 13.5. The number of nitrogens with one attached hydrogen (secondary N) is 2. The molecule has 2 N–H and O–H groups in total. The molecule has 110 valence electrons. The molecule has 0 spiro atoms. The molecule has 0 radical (unpaired) electrons. The highest BCUT2D eigenvalue weighted by Gasteiger charge is 2.14.